The number of amides is 2. The SMILES string of the molecule is COc1nc(-c2ccnc(-c3cccc4c3CCC[C@@H]4Nc3nc(OC)c(CNC[C@@H]4CCC(=O)N4)cc3C(F)(F)F)c2Cl)ccc1CNC[C@@H]1CCC(=O)N1. The molecule has 2 saturated heterocycles. The number of fused-ring (bicyclic) bond motifs is 1. The van der Waals surface area contributed by atoms with Crippen molar-refractivity contribution in [1.29, 1.82) is 0 Å². The number of carbonyl (C=O) groups is 2. The van der Waals surface area contributed by atoms with E-state index >= 15 is 0 Å². The Bertz CT molecular complexity index is 2100. The Kier molecular flexibility index (Phi) is 11.9. The molecule has 7 rings (SSSR count). The number of nitrogens with one attached hydrogen (secondary N) is 5. The van der Waals surface area contributed by atoms with Gasteiger partial charge in [0, 0.05) is 79.6 Å². The molecule has 0 unspecified atom stereocenters. The highest BCUT2D eigenvalue weighted by atomic mass is 35.5. The Balaban J connectivity index is 1.12. The van der Waals surface area contributed by atoms with Crippen molar-refractivity contribution in [3.05, 3.63) is 81.5 Å². The van der Waals surface area contributed by atoms with Crippen LogP contribution in [0, 0.1) is 0 Å². The van der Waals surface area contributed by atoms with E-state index in [2.05, 4.69) is 36.6 Å². The minimum atomic E-state index is -4.69. The molecule has 3 aliphatic rings. The van der Waals surface area contributed by atoms with Crippen LogP contribution in [0.15, 0.2) is 48.7 Å². The van der Waals surface area contributed by atoms with E-state index in [1.807, 2.05) is 30.3 Å². The standard InChI is InChI=1S/C40H44ClF3N8O4/c1-55-38-22(18-45-20-24-10-13-33(53)48-24)9-12-32(51-38)29-15-16-47-36(35(29)41)28-7-3-6-27-26(28)5-4-8-31(27)50-37-30(40(42,43)44)17-23(39(52-37)56-2)19-46-21-25-11-14-34(54)49-25/h3,6-7,9,12,15-17,24-25,31,45-46H,4-5,8,10-11,13-14,18-21H2,1-2H3,(H,48,53)(H,49,54)(H,50,52)/t24-,25-,31-/m0/s1. The number of rotatable bonds is 14. The first-order chi connectivity index (χ1) is 27.0. The number of halogens is 4. The molecule has 16 heteroatoms. The van der Waals surface area contributed by atoms with Gasteiger partial charge < -0.3 is 36.1 Å². The molecule has 5 heterocycles. The van der Waals surface area contributed by atoms with Gasteiger partial charge in [0.05, 0.1) is 42.2 Å². The molecule has 2 fully saturated rings. The van der Waals surface area contributed by atoms with Crippen molar-refractivity contribution in [3.63, 3.8) is 0 Å². The minimum Gasteiger partial charge on any atom is -0.481 e. The van der Waals surface area contributed by atoms with Gasteiger partial charge >= 0.3 is 6.18 Å². The van der Waals surface area contributed by atoms with Crippen molar-refractivity contribution in [3.8, 4) is 34.3 Å². The summed E-state index contributed by atoms with van der Waals surface area (Å²) >= 11 is 7.11. The van der Waals surface area contributed by atoms with Crippen LogP contribution >= 0.6 is 11.6 Å². The summed E-state index contributed by atoms with van der Waals surface area (Å²) in [6.45, 7) is 1.63. The fourth-order valence-electron chi connectivity index (χ4n) is 7.74. The van der Waals surface area contributed by atoms with Crippen LogP contribution < -0.4 is 36.1 Å². The third-order valence-corrected chi connectivity index (χ3v) is 10.9. The number of benzene rings is 1. The van der Waals surface area contributed by atoms with Crippen LogP contribution in [0.25, 0.3) is 22.5 Å². The molecule has 1 aliphatic carbocycles. The van der Waals surface area contributed by atoms with Gasteiger partial charge in [0.1, 0.15) is 5.82 Å². The normalized spacial score (nSPS) is 19.4. The van der Waals surface area contributed by atoms with E-state index in [-0.39, 0.29) is 47.7 Å². The van der Waals surface area contributed by atoms with Crippen molar-refractivity contribution < 1.29 is 32.2 Å². The Morgan fingerprint density at radius 3 is 2.16 bits per heavy atom. The summed E-state index contributed by atoms with van der Waals surface area (Å²) < 4.78 is 54.9. The Labute approximate surface area is 327 Å². The summed E-state index contributed by atoms with van der Waals surface area (Å²) in [5, 5.41) is 15.8. The maximum absolute atomic E-state index is 14.6. The molecule has 2 amide bonds. The van der Waals surface area contributed by atoms with Crippen LogP contribution in [0.1, 0.15) is 72.4 Å². The van der Waals surface area contributed by atoms with E-state index < -0.39 is 17.8 Å². The van der Waals surface area contributed by atoms with Crippen LogP contribution in [-0.4, -0.2) is 66.2 Å². The van der Waals surface area contributed by atoms with Crippen LogP contribution in [0.5, 0.6) is 11.8 Å². The molecular formula is C40H44ClF3N8O4. The van der Waals surface area contributed by atoms with Crippen LogP contribution in [0.4, 0.5) is 19.0 Å². The number of anilines is 1. The fourth-order valence-corrected chi connectivity index (χ4v) is 8.05. The molecule has 0 radical (unpaired) electrons. The van der Waals surface area contributed by atoms with Gasteiger partial charge in [0.25, 0.3) is 0 Å². The topological polar surface area (TPSA) is 151 Å². The zero-order valence-corrected chi connectivity index (χ0v) is 31.9. The summed E-state index contributed by atoms with van der Waals surface area (Å²) in [6, 6.07) is 11.9. The van der Waals surface area contributed by atoms with E-state index in [4.69, 9.17) is 26.1 Å². The number of methoxy groups -OCH3 is 2. The van der Waals surface area contributed by atoms with Crippen molar-refractivity contribution >= 4 is 29.2 Å². The van der Waals surface area contributed by atoms with E-state index in [1.54, 1.807) is 19.4 Å². The number of aromatic nitrogens is 3. The number of ether oxygens (including phenoxy) is 2. The van der Waals surface area contributed by atoms with Gasteiger partial charge in [-0.15, -0.1) is 0 Å². The monoisotopic (exact) mass is 792 g/mol. The largest absolute Gasteiger partial charge is 0.481 e. The second-order valence-corrected chi connectivity index (χ2v) is 14.6. The number of hydrogen-bond acceptors (Lipinski definition) is 10. The lowest BCUT2D eigenvalue weighted by molar-refractivity contribution is -0.137. The van der Waals surface area contributed by atoms with E-state index in [0.29, 0.717) is 86.0 Å². The van der Waals surface area contributed by atoms with Crippen molar-refractivity contribution in [2.75, 3.05) is 32.6 Å². The number of alkyl halides is 3. The lowest BCUT2D eigenvalue weighted by atomic mass is 9.83. The molecule has 0 saturated carbocycles. The smallest absolute Gasteiger partial charge is 0.419 e. The predicted molar refractivity (Wildman–Crippen MR) is 205 cm³/mol. The molecule has 5 N–H and O–H groups in total. The highest BCUT2D eigenvalue weighted by Crippen LogP contribution is 2.43. The molecule has 56 heavy (non-hydrogen) atoms. The molecule has 2 aliphatic heterocycles. The average molecular weight is 793 g/mol. The second kappa shape index (κ2) is 17.0. The zero-order valence-electron chi connectivity index (χ0n) is 31.1. The quantitative estimate of drug-likeness (QED) is 0.101. The zero-order chi connectivity index (χ0) is 39.4. The molecule has 1 aromatic carbocycles. The van der Waals surface area contributed by atoms with Crippen molar-refractivity contribution in [1.82, 2.24) is 36.2 Å². The summed E-state index contributed by atoms with van der Waals surface area (Å²) in [4.78, 5) is 36.9. The number of pyridine rings is 3. The van der Waals surface area contributed by atoms with E-state index in [9.17, 15) is 22.8 Å². The first-order valence-electron chi connectivity index (χ1n) is 18.7. The van der Waals surface area contributed by atoms with E-state index in [0.717, 1.165) is 34.7 Å². The molecule has 3 aromatic heterocycles. The van der Waals surface area contributed by atoms with E-state index in [1.165, 1.54) is 7.11 Å². The molecular weight excluding hydrogens is 749 g/mol. The fraction of sp³-hybridized carbons (Fsp3) is 0.425. The van der Waals surface area contributed by atoms with Gasteiger partial charge in [-0.25, -0.2) is 4.98 Å². The number of hydrogen-bond donors (Lipinski definition) is 5. The van der Waals surface area contributed by atoms with Crippen molar-refractivity contribution in [2.45, 2.75) is 82.3 Å². The maximum Gasteiger partial charge on any atom is 0.419 e. The first kappa shape index (κ1) is 39.3. The van der Waals surface area contributed by atoms with Gasteiger partial charge in [-0.1, -0.05) is 35.9 Å². The highest BCUT2D eigenvalue weighted by Gasteiger charge is 2.37. The molecule has 0 bridgehead atoms. The maximum atomic E-state index is 14.6. The summed E-state index contributed by atoms with van der Waals surface area (Å²) in [5.74, 6) is 0.242. The van der Waals surface area contributed by atoms with Crippen LogP contribution in [0.3, 0.4) is 0 Å². The summed E-state index contributed by atoms with van der Waals surface area (Å²) in [6.07, 6.45) is 1.38. The third-order valence-electron chi connectivity index (χ3n) is 10.5. The van der Waals surface area contributed by atoms with Gasteiger partial charge in [-0.05, 0) is 61.4 Å². The summed E-state index contributed by atoms with van der Waals surface area (Å²) in [7, 11) is 2.94. The molecule has 0 spiro atoms. The Morgan fingerprint density at radius 2 is 1.52 bits per heavy atom. The second-order valence-electron chi connectivity index (χ2n) is 14.3. The van der Waals surface area contributed by atoms with Gasteiger partial charge in [0.15, 0.2) is 0 Å². The van der Waals surface area contributed by atoms with Gasteiger partial charge in [-0.2, -0.15) is 18.2 Å². The minimum absolute atomic E-state index is 0.0339. The van der Waals surface area contributed by atoms with Gasteiger partial charge in [0.2, 0.25) is 23.6 Å². The first-order valence-corrected chi connectivity index (χ1v) is 19.1. The Hall–Kier alpha value is -4.99. The third kappa shape index (κ3) is 8.69. The summed E-state index contributed by atoms with van der Waals surface area (Å²) in [5.41, 5.74) is 4.57. The number of nitrogens with zero attached hydrogens (tertiary/aromatic N) is 3. The van der Waals surface area contributed by atoms with Crippen LogP contribution in [0.2, 0.25) is 5.02 Å². The lowest BCUT2D eigenvalue weighted by Crippen LogP contribution is -2.35. The number of carbonyl (C=O) groups excluding carboxylic acids is 2. The highest BCUT2D eigenvalue weighted by molar-refractivity contribution is 6.35. The Morgan fingerprint density at radius 1 is 0.839 bits per heavy atom. The molecule has 3 atom stereocenters. The van der Waals surface area contributed by atoms with Crippen LogP contribution in [-0.2, 0) is 35.3 Å². The molecule has 12 nitrogen and oxygen atoms in total. The van der Waals surface area contributed by atoms with Crippen molar-refractivity contribution in [2.24, 2.45) is 0 Å². The average Bonchev–Trinajstić information content (AvgIpc) is 3.81. The lowest BCUT2D eigenvalue weighted by Gasteiger charge is -2.30. The molecule has 4 aromatic rings. The molecule has 296 valence electrons. The van der Waals surface area contributed by atoms with Gasteiger partial charge in [-0.3, -0.25) is 14.6 Å². The predicted octanol–water partition coefficient (Wildman–Crippen LogP) is 6.12.